The second kappa shape index (κ2) is 6.23. The summed E-state index contributed by atoms with van der Waals surface area (Å²) in [5.41, 5.74) is 0. The molecule has 1 heterocycles. The van der Waals surface area contributed by atoms with Gasteiger partial charge in [0.15, 0.2) is 15.0 Å². The lowest BCUT2D eigenvalue weighted by Crippen LogP contribution is -1.98. The maximum absolute atomic E-state index is 11.5. The van der Waals surface area contributed by atoms with Crippen LogP contribution in [-0.4, -0.2) is 26.2 Å². The average Bonchev–Trinajstić information content (AvgIpc) is 2.84. The minimum Gasteiger partial charge on any atom is -0.488 e. The lowest BCUT2D eigenvalue weighted by Gasteiger charge is -2.05. The Balaban J connectivity index is 2.03. The standard InChI is InChI=1S/C13H16N2O3S2/c1-3-14-13-15-8-11(19-13)9-18-10-5-4-6-12(7-10)20(2,16)17/h4-8H,3,9H2,1-2H3,(H,14,15). The Morgan fingerprint density at radius 3 is 2.90 bits per heavy atom. The van der Waals surface area contributed by atoms with Gasteiger partial charge in [-0.1, -0.05) is 17.4 Å². The normalized spacial score (nSPS) is 11.3. The number of anilines is 1. The van der Waals surface area contributed by atoms with Gasteiger partial charge in [-0.15, -0.1) is 0 Å². The van der Waals surface area contributed by atoms with Crippen molar-refractivity contribution in [3.8, 4) is 5.75 Å². The van der Waals surface area contributed by atoms with Gasteiger partial charge in [0, 0.05) is 19.0 Å². The first kappa shape index (κ1) is 14.8. The summed E-state index contributed by atoms with van der Waals surface area (Å²) in [6, 6.07) is 6.49. The Kier molecular flexibility index (Phi) is 4.61. The summed E-state index contributed by atoms with van der Waals surface area (Å²) in [5, 5.41) is 3.99. The highest BCUT2D eigenvalue weighted by atomic mass is 32.2. The van der Waals surface area contributed by atoms with Crippen molar-refractivity contribution >= 4 is 26.3 Å². The molecule has 20 heavy (non-hydrogen) atoms. The molecule has 1 N–H and O–H groups in total. The van der Waals surface area contributed by atoms with Gasteiger partial charge in [-0.25, -0.2) is 13.4 Å². The summed E-state index contributed by atoms with van der Waals surface area (Å²) < 4.78 is 28.5. The first-order valence-corrected chi connectivity index (χ1v) is 8.81. The minimum absolute atomic E-state index is 0.257. The third-order valence-electron chi connectivity index (χ3n) is 2.50. The van der Waals surface area contributed by atoms with Crippen molar-refractivity contribution in [3.05, 3.63) is 35.3 Å². The summed E-state index contributed by atoms with van der Waals surface area (Å²) in [6.45, 7) is 3.20. The molecule has 0 spiro atoms. The van der Waals surface area contributed by atoms with E-state index in [4.69, 9.17) is 4.74 Å². The molecule has 0 bridgehead atoms. The Hall–Kier alpha value is -1.60. The van der Waals surface area contributed by atoms with Gasteiger partial charge in [-0.05, 0) is 25.1 Å². The highest BCUT2D eigenvalue weighted by Crippen LogP contribution is 2.22. The Bertz CT molecular complexity index is 680. The van der Waals surface area contributed by atoms with Gasteiger partial charge in [0.1, 0.15) is 12.4 Å². The molecule has 0 saturated heterocycles. The van der Waals surface area contributed by atoms with E-state index >= 15 is 0 Å². The molecule has 0 aliphatic carbocycles. The van der Waals surface area contributed by atoms with Crippen LogP contribution in [0.4, 0.5) is 5.13 Å². The molecular weight excluding hydrogens is 296 g/mol. The minimum atomic E-state index is -3.21. The summed E-state index contributed by atoms with van der Waals surface area (Å²) in [4.78, 5) is 5.44. The molecule has 5 nitrogen and oxygen atoms in total. The molecule has 1 aromatic heterocycles. The number of rotatable bonds is 6. The highest BCUT2D eigenvalue weighted by Gasteiger charge is 2.08. The average molecular weight is 312 g/mol. The van der Waals surface area contributed by atoms with Crippen LogP contribution in [0.1, 0.15) is 11.8 Å². The molecule has 0 radical (unpaired) electrons. The molecule has 2 rings (SSSR count). The van der Waals surface area contributed by atoms with E-state index in [1.165, 1.54) is 23.7 Å². The maximum Gasteiger partial charge on any atom is 0.182 e. The predicted octanol–water partition coefficient (Wildman–Crippen LogP) is 2.56. The van der Waals surface area contributed by atoms with Crippen LogP contribution in [0.15, 0.2) is 35.4 Å². The molecule has 2 aromatic rings. The van der Waals surface area contributed by atoms with Crippen molar-refractivity contribution < 1.29 is 13.2 Å². The Labute approximate surface area is 122 Å². The van der Waals surface area contributed by atoms with E-state index in [0.717, 1.165) is 16.6 Å². The Morgan fingerprint density at radius 1 is 1.40 bits per heavy atom. The van der Waals surface area contributed by atoms with E-state index in [9.17, 15) is 8.42 Å². The Morgan fingerprint density at radius 2 is 2.20 bits per heavy atom. The van der Waals surface area contributed by atoms with Crippen LogP contribution in [0.2, 0.25) is 0 Å². The van der Waals surface area contributed by atoms with Crippen molar-refractivity contribution in [1.82, 2.24) is 4.98 Å². The number of benzene rings is 1. The van der Waals surface area contributed by atoms with Gasteiger partial charge in [-0.3, -0.25) is 0 Å². The number of sulfone groups is 1. The lowest BCUT2D eigenvalue weighted by molar-refractivity contribution is 0.308. The highest BCUT2D eigenvalue weighted by molar-refractivity contribution is 7.90. The van der Waals surface area contributed by atoms with Crippen molar-refractivity contribution in [1.29, 1.82) is 0 Å². The fourth-order valence-electron chi connectivity index (χ4n) is 1.56. The number of nitrogens with zero attached hydrogens (tertiary/aromatic N) is 1. The van der Waals surface area contributed by atoms with E-state index in [2.05, 4.69) is 10.3 Å². The van der Waals surface area contributed by atoms with Crippen LogP contribution >= 0.6 is 11.3 Å². The molecule has 0 aliphatic rings. The van der Waals surface area contributed by atoms with Gasteiger partial charge < -0.3 is 10.1 Å². The number of ether oxygens (including phenoxy) is 1. The molecular formula is C13H16N2O3S2. The number of aromatic nitrogens is 1. The van der Waals surface area contributed by atoms with Gasteiger partial charge >= 0.3 is 0 Å². The van der Waals surface area contributed by atoms with Crippen molar-refractivity contribution in [3.63, 3.8) is 0 Å². The summed E-state index contributed by atoms with van der Waals surface area (Å²) in [6.07, 6.45) is 2.93. The summed E-state index contributed by atoms with van der Waals surface area (Å²) >= 11 is 1.52. The van der Waals surface area contributed by atoms with Crippen LogP contribution < -0.4 is 10.1 Å². The van der Waals surface area contributed by atoms with Crippen LogP contribution in [0.3, 0.4) is 0 Å². The second-order valence-corrected chi connectivity index (χ2v) is 7.33. The first-order chi connectivity index (χ1) is 9.49. The third-order valence-corrected chi connectivity index (χ3v) is 4.54. The lowest BCUT2D eigenvalue weighted by atomic mass is 10.3. The zero-order valence-corrected chi connectivity index (χ0v) is 12.9. The van der Waals surface area contributed by atoms with Gasteiger partial charge in [0.25, 0.3) is 0 Å². The monoisotopic (exact) mass is 312 g/mol. The third kappa shape index (κ3) is 3.94. The van der Waals surface area contributed by atoms with E-state index in [-0.39, 0.29) is 4.90 Å². The summed E-state index contributed by atoms with van der Waals surface area (Å²) in [7, 11) is -3.21. The van der Waals surface area contributed by atoms with Gasteiger partial charge in [0.2, 0.25) is 0 Å². The molecule has 0 atom stereocenters. The zero-order chi connectivity index (χ0) is 14.6. The van der Waals surface area contributed by atoms with Crippen molar-refractivity contribution in [2.45, 2.75) is 18.4 Å². The summed E-state index contributed by atoms with van der Waals surface area (Å²) in [5.74, 6) is 0.534. The number of thiazole rings is 1. The maximum atomic E-state index is 11.5. The first-order valence-electron chi connectivity index (χ1n) is 6.10. The van der Waals surface area contributed by atoms with Crippen molar-refractivity contribution in [2.75, 3.05) is 18.1 Å². The smallest absolute Gasteiger partial charge is 0.182 e. The largest absolute Gasteiger partial charge is 0.488 e. The van der Waals surface area contributed by atoms with E-state index < -0.39 is 9.84 Å². The van der Waals surface area contributed by atoms with E-state index in [1.54, 1.807) is 24.4 Å². The molecule has 0 amide bonds. The number of nitrogens with one attached hydrogen (secondary N) is 1. The topological polar surface area (TPSA) is 68.3 Å². The SMILES string of the molecule is CCNc1ncc(COc2cccc(S(C)(=O)=O)c2)s1. The van der Waals surface area contributed by atoms with Crippen LogP contribution in [-0.2, 0) is 16.4 Å². The zero-order valence-electron chi connectivity index (χ0n) is 11.3. The van der Waals surface area contributed by atoms with E-state index in [0.29, 0.717) is 12.4 Å². The number of hydrogen-bond acceptors (Lipinski definition) is 6. The molecule has 7 heteroatoms. The molecule has 108 valence electrons. The fraction of sp³-hybridized carbons (Fsp3) is 0.308. The second-order valence-electron chi connectivity index (χ2n) is 4.20. The number of hydrogen-bond donors (Lipinski definition) is 1. The molecule has 0 unspecified atom stereocenters. The molecule has 1 aromatic carbocycles. The molecule has 0 aliphatic heterocycles. The fourth-order valence-corrected chi connectivity index (χ4v) is 3.01. The van der Waals surface area contributed by atoms with E-state index in [1.807, 2.05) is 6.92 Å². The van der Waals surface area contributed by atoms with Crippen LogP contribution in [0, 0.1) is 0 Å². The van der Waals surface area contributed by atoms with Crippen LogP contribution in [0.5, 0.6) is 5.75 Å². The van der Waals surface area contributed by atoms with Gasteiger partial charge in [-0.2, -0.15) is 0 Å². The molecule has 0 fully saturated rings. The van der Waals surface area contributed by atoms with Gasteiger partial charge in [0.05, 0.1) is 9.77 Å². The quantitative estimate of drug-likeness (QED) is 0.888. The molecule has 0 saturated carbocycles. The predicted molar refractivity (Wildman–Crippen MR) is 80.2 cm³/mol. The van der Waals surface area contributed by atoms with Crippen LogP contribution in [0.25, 0.3) is 0 Å². The van der Waals surface area contributed by atoms with Crippen molar-refractivity contribution in [2.24, 2.45) is 0 Å².